The van der Waals surface area contributed by atoms with Crippen LogP contribution in [0.5, 0.6) is 0 Å². The minimum atomic E-state index is -4.54. The standard InChI is InChI=1S/C24H21F4N5O/c1-12(15-6-16(24(26,27)28)8-17(29)7-15)30-23-19-9-18(14-4-5-22(34)33(3)11-14)20(25)10-21(19)31-13(2)32-23/h4-12H,29H2,1-3H3,(H,30,31,32)/t12-/m1/s1. The van der Waals surface area contributed by atoms with Gasteiger partial charge < -0.3 is 15.6 Å². The van der Waals surface area contributed by atoms with Crippen molar-refractivity contribution in [3.63, 3.8) is 0 Å². The molecule has 0 saturated heterocycles. The zero-order valence-corrected chi connectivity index (χ0v) is 18.5. The number of aryl methyl sites for hydroxylation is 2. The molecule has 0 bridgehead atoms. The van der Waals surface area contributed by atoms with Gasteiger partial charge in [0, 0.05) is 47.6 Å². The maximum absolute atomic E-state index is 14.9. The van der Waals surface area contributed by atoms with Crippen LogP contribution >= 0.6 is 0 Å². The first-order valence-electron chi connectivity index (χ1n) is 10.3. The molecular formula is C24H21F4N5O. The summed E-state index contributed by atoms with van der Waals surface area (Å²) < 4.78 is 56.0. The van der Waals surface area contributed by atoms with Gasteiger partial charge in [-0.25, -0.2) is 14.4 Å². The number of nitrogens with zero attached hydrogens (tertiary/aromatic N) is 3. The van der Waals surface area contributed by atoms with E-state index in [4.69, 9.17) is 5.73 Å². The molecule has 4 rings (SSSR count). The normalized spacial score (nSPS) is 12.7. The number of hydrogen-bond donors (Lipinski definition) is 2. The molecule has 0 amide bonds. The second-order valence-corrected chi connectivity index (χ2v) is 8.09. The van der Waals surface area contributed by atoms with E-state index >= 15 is 0 Å². The molecular weight excluding hydrogens is 450 g/mol. The number of anilines is 2. The van der Waals surface area contributed by atoms with Gasteiger partial charge in [-0.3, -0.25) is 4.79 Å². The Labute approximate surface area is 192 Å². The average Bonchev–Trinajstić information content (AvgIpc) is 2.74. The van der Waals surface area contributed by atoms with E-state index in [1.54, 1.807) is 27.0 Å². The molecule has 0 aliphatic carbocycles. The molecule has 2 aromatic heterocycles. The van der Waals surface area contributed by atoms with E-state index in [1.165, 1.54) is 35.0 Å². The first-order valence-corrected chi connectivity index (χ1v) is 10.3. The first-order chi connectivity index (χ1) is 15.9. The zero-order valence-electron chi connectivity index (χ0n) is 18.5. The highest BCUT2D eigenvalue weighted by Crippen LogP contribution is 2.35. The maximum Gasteiger partial charge on any atom is 0.416 e. The van der Waals surface area contributed by atoms with Crippen LogP contribution in [0.1, 0.15) is 29.9 Å². The van der Waals surface area contributed by atoms with Crippen molar-refractivity contribution >= 4 is 22.4 Å². The van der Waals surface area contributed by atoms with Crippen LogP contribution in [-0.2, 0) is 13.2 Å². The van der Waals surface area contributed by atoms with E-state index in [1.807, 2.05) is 0 Å². The lowest BCUT2D eigenvalue weighted by molar-refractivity contribution is -0.137. The number of rotatable bonds is 4. The van der Waals surface area contributed by atoms with Crippen molar-refractivity contribution < 1.29 is 17.6 Å². The molecule has 0 unspecified atom stereocenters. The lowest BCUT2D eigenvalue weighted by Gasteiger charge is -2.19. The van der Waals surface area contributed by atoms with Crippen molar-refractivity contribution in [1.82, 2.24) is 14.5 Å². The van der Waals surface area contributed by atoms with Crippen molar-refractivity contribution in [2.24, 2.45) is 7.05 Å². The largest absolute Gasteiger partial charge is 0.416 e. The molecule has 0 radical (unpaired) electrons. The Morgan fingerprint density at radius 1 is 1.09 bits per heavy atom. The molecule has 6 nitrogen and oxygen atoms in total. The number of nitrogens with two attached hydrogens (primary N) is 1. The van der Waals surface area contributed by atoms with Crippen molar-refractivity contribution in [3.8, 4) is 11.1 Å². The molecule has 10 heteroatoms. The Hall–Kier alpha value is -3.95. The zero-order chi connectivity index (χ0) is 24.8. The second kappa shape index (κ2) is 8.44. The maximum atomic E-state index is 14.9. The van der Waals surface area contributed by atoms with E-state index < -0.39 is 23.6 Å². The Kier molecular flexibility index (Phi) is 5.76. The van der Waals surface area contributed by atoms with Crippen LogP contribution in [0.2, 0.25) is 0 Å². The number of hydrogen-bond acceptors (Lipinski definition) is 5. The minimum Gasteiger partial charge on any atom is -0.399 e. The van der Waals surface area contributed by atoms with Gasteiger partial charge in [0.2, 0.25) is 5.56 Å². The van der Waals surface area contributed by atoms with Gasteiger partial charge >= 0.3 is 6.18 Å². The predicted molar refractivity (Wildman–Crippen MR) is 123 cm³/mol. The lowest BCUT2D eigenvalue weighted by atomic mass is 10.0. The quantitative estimate of drug-likeness (QED) is 0.315. The number of nitrogen functional groups attached to an aromatic ring is 1. The number of fused-ring (bicyclic) bond motifs is 1. The first kappa shape index (κ1) is 23.2. The highest BCUT2D eigenvalue weighted by molar-refractivity contribution is 5.93. The molecule has 3 N–H and O–H groups in total. The molecule has 4 aromatic rings. The number of alkyl halides is 3. The summed E-state index contributed by atoms with van der Waals surface area (Å²) in [4.78, 5) is 20.4. The van der Waals surface area contributed by atoms with Gasteiger partial charge in [0.25, 0.3) is 0 Å². The number of pyridine rings is 1. The van der Waals surface area contributed by atoms with Gasteiger partial charge in [0.15, 0.2) is 0 Å². The van der Waals surface area contributed by atoms with E-state index in [9.17, 15) is 22.4 Å². The van der Waals surface area contributed by atoms with Gasteiger partial charge in [-0.1, -0.05) is 0 Å². The summed E-state index contributed by atoms with van der Waals surface area (Å²) in [5.74, 6) is 0.158. The fourth-order valence-corrected chi connectivity index (χ4v) is 3.73. The van der Waals surface area contributed by atoms with Crippen molar-refractivity contribution in [1.29, 1.82) is 0 Å². The van der Waals surface area contributed by atoms with Gasteiger partial charge in [-0.2, -0.15) is 13.2 Å². The molecule has 2 heterocycles. The summed E-state index contributed by atoms with van der Waals surface area (Å²) in [5.41, 5.74) is 5.97. The van der Waals surface area contributed by atoms with Crippen molar-refractivity contribution in [2.45, 2.75) is 26.1 Å². The smallest absolute Gasteiger partial charge is 0.399 e. The molecule has 0 fully saturated rings. The van der Waals surface area contributed by atoms with Gasteiger partial charge in [0.1, 0.15) is 17.5 Å². The van der Waals surface area contributed by atoms with E-state index in [0.29, 0.717) is 33.7 Å². The Morgan fingerprint density at radius 2 is 1.82 bits per heavy atom. The predicted octanol–water partition coefficient (Wildman–Crippen LogP) is 5.22. The summed E-state index contributed by atoms with van der Waals surface area (Å²) in [6, 6.07) is 8.43. The van der Waals surface area contributed by atoms with Gasteiger partial charge in [0.05, 0.1) is 17.1 Å². The highest BCUT2D eigenvalue weighted by Gasteiger charge is 2.31. The van der Waals surface area contributed by atoms with Gasteiger partial charge in [-0.05, 0) is 49.7 Å². The number of benzene rings is 2. The second-order valence-electron chi connectivity index (χ2n) is 8.09. The number of aromatic nitrogens is 3. The van der Waals surface area contributed by atoms with E-state index in [0.717, 1.165) is 12.1 Å². The minimum absolute atomic E-state index is 0.0127. The number of nitrogens with one attached hydrogen (secondary N) is 1. The summed E-state index contributed by atoms with van der Waals surface area (Å²) in [5, 5.41) is 3.59. The van der Waals surface area contributed by atoms with Crippen molar-refractivity contribution in [2.75, 3.05) is 11.1 Å². The van der Waals surface area contributed by atoms with Crippen LogP contribution in [0.25, 0.3) is 22.0 Å². The van der Waals surface area contributed by atoms with Crippen LogP contribution in [0.3, 0.4) is 0 Å². The Bertz CT molecular complexity index is 1460. The van der Waals surface area contributed by atoms with Crippen LogP contribution in [-0.4, -0.2) is 14.5 Å². The molecule has 176 valence electrons. The summed E-state index contributed by atoms with van der Waals surface area (Å²) in [6.07, 6.45) is -3.02. The Morgan fingerprint density at radius 3 is 2.50 bits per heavy atom. The summed E-state index contributed by atoms with van der Waals surface area (Å²) >= 11 is 0. The van der Waals surface area contributed by atoms with Gasteiger partial charge in [-0.15, -0.1) is 0 Å². The van der Waals surface area contributed by atoms with E-state index in [2.05, 4.69) is 15.3 Å². The fraction of sp³-hybridized carbons (Fsp3) is 0.208. The molecule has 1 atom stereocenters. The van der Waals surface area contributed by atoms with Crippen LogP contribution in [0.15, 0.2) is 53.5 Å². The van der Waals surface area contributed by atoms with Crippen LogP contribution < -0.4 is 16.6 Å². The third kappa shape index (κ3) is 4.57. The number of halogens is 4. The molecule has 0 aliphatic rings. The van der Waals surface area contributed by atoms with Crippen LogP contribution in [0, 0.1) is 12.7 Å². The SMILES string of the molecule is Cc1nc(N[C@H](C)c2cc(N)cc(C(F)(F)F)c2)c2cc(-c3ccc(=O)n(C)c3)c(F)cc2n1. The third-order valence-corrected chi connectivity index (χ3v) is 5.45. The topological polar surface area (TPSA) is 85.8 Å². The fourth-order valence-electron chi connectivity index (χ4n) is 3.73. The summed E-state index contributed by atoms with van der Waals surface area (Å²) in [6.45, 7) is 3.31. The van der Waals surface area contributed by atoms with E-state index in [-0.39, 0.29) is 16.8 Å². The molecule has 0 aliphatic heterocycles. The molecule has 0 saturated carbocycles. The molecule has 2 aromatic carbocycles. The highest BCUT2D eigenvalue weighted by atomic mass is 19.4. The third-order valence-electron chi connectivity index (χ3n) is 5.45. The lowest BCUT2D eigenvalue weighted by Crippen LogP contribution is -2.14. The molecule has 34 heavy (non-hydrogen) atoms. The Balaban J connectivity index is 1.80. The van der Waals surface area contributed by atoms with Crippen molar-refractivity contribution in [3.05, 3.63) is 81.8 Å². The monoisotopic (exact) mass is 471 g/mol. The van der Waals surface area contributed by atoms with Crippen LogP contribution in [0.4, 0.5) is 29.1 Å². The average molecular weight is 471 g/mol. The molecule has 0 spiro atoms. The summed E-state index contributed by atoms with van der Waals surface area (Å²) in [7, 11) is 1.56.